The van der Waals surface area contributed by atoms with E-state index in [2.05, 4.69) is 0 Å². The first-order chi connectivity index (χ1) is 3.15. The second-order valence-corrected chi connectivity index (χ2v) is 1.19. The Balaban J connectivity index is -0.0000000575. The Kier molecular flexibility index (Phi) is 32.1. The van der Waals surface area contributed by atoms with Gasteiger partial charge in [-0.25, -0.2) is 4.79 Å². The van der Waals surface area contributed by atoms with Gasteiger partial charge in [0.15, 0.2) is 0 Å². The number of halogens is 2. The van der Waals surface area contributed by atoms with Gasteiger partial charge in [-0.15, -0.1) is 23.2 Å². The quantitative estimate of drug-likeness (QED) is 0.439. The van der Waals surface area contributed by atoms with Crippen molar-refractivity contribution in [3.8, 4) is 0 Å². The molecule has 0 fully saturated rings. The van der Waals surface area contributed by atoms with Crippen molar-refractivity contribution in [2.75, 3.05) is 5.34 Å². The van der Waals surface area contributed by atoms with Gasteiger partial charge in [0.2, 0.25) is 0 Å². The summed E-state index contributed by atoms with van der Waals surface area (Å²) in [7, 11) is 0. The molecule has 0 aliphatic heterocycles. The van der Waals surface area contributed by atoms with Gasteiger partial charge < -0.3 is 10.2 Å². The predicted molar refractivity (Wildman–Crippen MR) is 34.4 cm³/mol. The third kappa shape index (κ3) is 143. The molecule has 0 saturated heterocycles. The van der Waals surface area contributed by atoms with Crippen molar-refractivity contribution in [2.24, 2.45) is 0 Å². The minimum atomic E-state index is -1.83. The molecule has 0 saturated carbocycles. The van der Waals surface area contributed by atoms with Crippen LogP contribution in [0.25, 0.3) is 0 Å². The normalized spacial score (nSPS) is 5.25. The Morgan fingerprint density at radius 2 is 1.38 bits per heavy atom. The zero-order valence-electron chi connectivity index (χ0n) is 3.27. The van der Waals surface area contributed by atoms with E-state index in [9.17, 15) is 0 Å². The van der Waals surface area contributed by atoms with Crippen molar-refractivity contribution in [1.29, 1.82) is 0 Å². The zero-order valence-corrected chi connectivity index (χ0v) is 4.78. The van der Waals surface area contributed by atoms with Crippen molar-refractivity contribution < 1.29 is 15.0 Å². The molecular weight excluding hydrogens is 182 g/mol. The molecule has 0 aliphatic rings. The van der Waals surface area contributed by atoms with Gasteiger partial charge in [0, 0.05) is 0 Å². The summed E-state index contributed by atoms with van der Waals surface area (Å²) in [6, 6.07) is 0. The maximum atomic E-state index is 8.56. The van der Waals surface area contributed by atoms with E-state index in [1.807, 2.05) is 0 Å². The Bertz CT molecular complexity index is 46.5. The zero-order chi connectivity index (χ0) is 6.28. The molecule has 0 amide bonds. The molecule has 46 valence electrons. The number of carbonyl (C=O) groups is 1. The van der Waals surface area contributed by atoms with Crippen molar-refractivity contribution in [1.82, 2.24) is 0 Å². The molecule has 3 nitrogen and oxygen atoms in total. The molecule has 2 N–H and O–H groups in total. The van der Waals surface area contributed by atoms with Crippen LogP contribution in [0.1, 0.15) is 0 Å². The molecule has 0 unspecified atom stereocenters. The van der Waals surface area contributed by atoms with Crippen LogP contribution < -0.4 is 0 Å². The Morgan fingerprint density at radius 3 is 1.38 bits per heavy atom. The SMILES string of the molecule is ClCCl.O=C(O)O.[KH]. The van der Waals surface area contributed by atoms with E-state index >= 15 is 0 Å². The van der Waals surface area contributed by atoms with Gasteiger partial charge in [-0.1, -0.05) is 0 Å². The number of rotatable bonds is 0. The minimum absolute atomic E-state index is 0. The van der Waals surface area contributed by atoms with E-state index in [4.69, 9.17) is 38.2 Å². The summed E-state index contributed by atoms with van der Waals surface area (Å²) in [5.74, 6) is 0. The van der Waals surface area contributed by atoms with Gasteiger partial charge in [0.25, 0.3) is 0 Å². The second-order valence-electron chi connectivity index (χ2n) is 0.384. The van der Waals surface area contributed by atoms with Crippen molar-refractivity contribution in [3.63, 3.8) is 0 Å². The standard InChI is InChI=1S/CH2Cl2.CH2O3.K.H/c2-1-3;2-1(3)4;;/h1H2;(H2,2,3,4);;. The Morgan fingerprint density at radius 1 is 1.38 bits per heavy atom. The van der Waals surface area contributed by atoms with Crippen LogP contribution in [-0.2, 0) is 0 Å². The van der Waals surface area contributed by atoms with Crippen LogP contribution in [-0.4, -0.2) is 73.1 Å². The molecule has 0 aromatic carbocycles. The molecule has 8 heavy (non-hydrogen) atoms. The fourth-order valence-corrected chi connectivity index (χ4v) is 0. The molecule has 0 bridgehead atoms. The van der Waals surface area contributed by atoms with Crippen molar-refractivity contribution >= 4 is 80.7 Å². The second kappa shape index (κ2) is 15.8. The average Bonchev–Trinajstić information content (AvgIpc) is 1.33. The molecule has 0 aromatic rings. The molecule has 0 spiro atoms. The number of alkyl halides is 2. The van der Waals surface area contributed by atoms with E-state index in [-0.39, 0.29) is 56.7 Å². The van der Waals surface area contributed by atoms with Gasteiger partial charge in [-0.3, -0.25) is 0 Å². The molecule has 0 atom stereocenters. The third-order valence-electron chi connectivity index (χ3n) is 0. The maximum absolute atomic E-state index is 8.56. The topological polar surface area (TPSA) is 57.5 Å². The van der Waals surface area contributed by atoms with Crippen LogP contribution in [0.15, 0.2) is 0 Å². The first-order valence-corrected chi connectivity index (χ1v) is 2.25. The summed E-state index contributed by atoms with van der Waals surface area (Å²) in [4.78, 5) is 8.56. The van der Waals surface area contributed by atoms with E-state index in [1.165, 1.54) is 0 Å². The summed E-state index contributed by atoms with van der Waals surface area (Å²) in [5.41, 5.74) is 0. The summed E-state index contributed by atoms with van der Waals surface area (Å²) >= 11 is 9.53. The third-order valence-corrected chi connectivity index (χ3v) is 0. The monoisotopic (exact) mass is 186 g/mol. The number of carboxylic acid groups (broad SMARTS) is 2. The molecule has 0 rings (SSSR count). The first kappa shape index (κ1) is 16.2. The van der Waals surface area contributed by atoms with Gasteiger partial charge in [-0.05, 0) is 0 Å². The fourth-order valence-electron chi connectivity index (χ4n) is 0. The predicted octanol–water partition coefficient (Wildman–Crippen LogP) is 0.995. The van der Waals surface area contributed by atoms with Crippen LogP contribution >= 0.6 is 23.2 Å². The van der Waals surface area contributed by atoms with Crippen LogP contribution in [0, 0.1) is 0 Å². The van der Waals surface area contributed by atoms with Crippen LogP contribution in [0.5, 0.6) is 0 Å². The van der Waals surface area contributed by atoms with Gasteiger partial charge >= 0.3 is 57.5 Å². The van der Waals surface area contributed by atoms with Gasteiger partial charge in [0.1, 0.15) is 0 Å². The van der Waals surface area contributed by atoms with Crippen LogP contribution in [0.4, 0.5) is 4.79 Å². The molecule has 0 aromatic heterocycles. The van der Waals surface area contributed by atoms with Crippen LogP contribution in [0.3, 0.4) is 0 Å². The van der Waals surface area contributed by atoms with E-state index < -0.39 is 6.16 Å². The molecule has 0 heterocycles. The molecule has 0 radical (unpaired) electrons. The summed E-state index contributed by atoms with van der Waals surface area (Å²) < 4.78 is 0. The van der Waals surface area contributed by atoms with E-state index in [0.717, 1.165) is 0 Å². The molecule has 0 aliphatic carbocycles. The molecule has 6 heteroatoms. The average molecular weight is 187 g/mol. The summed E-state index contributed by atoms with van der Waals surface area (Å²) in [6.45, 7) is 0. The fraction of sp³-hybridized carbons (Fsp3) is 0.500. The van der Waals surface area contributed by atoms with E-state index in [0.29, 0.717) is 0 Å². The summed E-state index contributed by atoms with van der Waals surface area (Å²) in [6.07, 6.45) is -1.83. The Hall–Kier alpha value is 1.49. The first-order valence-electron chi connectivity index (χ1n) is 1.19. The van der Waals surface area contributed by atoms with Crippen LogP contribution in [0.2, 0.25) is 0 Å². The van der Waals surface area contributed by atoms with E-state index in [1.54, 1.807) is 0 Å². The number of hydrogen-bond acceptors (Lipinski definition) is 1. The van der Waals surface area contributed by atoms with Gasteiger partial charge in [0.05, 0.1) is 5.34 Å². The number of hydrogen-bond donors (Lipinski definition) is 2. The summed E-state index contributed by atoms with van der Waals surface area (Å²) in [5, 5.41) is 14.1. The molecular formula is C2H5Cl2KO3. The van der Waals surface area contributed by atoms with Crippen molar-refractivity contribution in [2.45, 2.75) is 0 Å². The Labute approximate surface area is 99.4 Å². The van der Waals surface area contributed by atoms with Crippen molar-refractivity contribution in [3.05, 3.63) is 0 Å². The van der Waals surface area contributed by atoms with Gasteiger partial charge in [-0.2, -0.15) is 0 Å².